The van der Waals surface area contributed by atoms with Gasteiger partial charge in [-0.15, -0.1) is 0 Å². The number of aryl methyl sites for hydroxylation is 1. The summed E-state index contributed by atoms with van der Waals surface area (Å²) < 4.78 is 10.3. The van der Waals surface area contributed by atoms with Gasteiger partial charge in [-0.3, -0.25) is 14.4 Å². The van der Waals surface area contributed by atoms with Crippen LogP contribution in [0.5, 0.6) is 0 Å². The average molecular weight is 538 g/mol. The van der Waals surface area contributed by atoms with Gasteiger partial charge in [0.15, 0.2) is 0 Å². The zero-order valence-corrected chi connectivity index (χ0v) is 23.9. The summed E-state index contributed by atoms with van der Waals surface area (Å²) in [5.74, 6) is -1.25. The molecule has 1 rings (SSSR count). The number of nitrogens with one attached hydrogen (secondary N) is 2. The standard InChI is InChI=1S/C27H43N3O6S/c1-7-9-12-17-30(25(33)21(18-37)29-26(34)36-27(4,5)6)23(20-14-11-10-13-19(20)3)24(32)28-16-15-22(31)35-8-2/h10-11,13-14,21,23,37H,7-9,12,15-18H2,1-6H3,(H,28,32)(H,29,34). The Morgan fingerprint density at radius 2 is 1.76 bits per heavy atom. The number of esters is 1. The van der Waals surface area contributed by atoms with E-state index in [4.69, 9.17) is 9.47 Å². The molecule has 2 N–H and O–H groups in total. The summed E-state index contributed by atoms with van der Waals surface area (Å²) in [6.07, 6.45) is 1.74. The molecule has 0 bridgehead atoms. The van der Waals surface area contributed by atoms with Crippen molar-refractivity contribution in [3.05, 3.63) is 35.4 Å². The van der Waals surface area contributed by atoms with Crippen LogP contribution in [0.2, 0.25) is 0 Å². The van der Waals surface area contributed by atoms with Crippen molar-refractivity contribution in [1.82, 2.24) is 15.5 Å². The highest BCUT2D eigenvalue weighted by Gasteiger charge is 2.36. The van der Waals surface area contributed by atoms with Crippen molar-refractivity contribution in [2.24, 2.45) is 0 Å². The average Bonchev–Trinajstić information content (AvgIpc) is 2.81. The molecule has 3 amide bonds. The van der Waals surface area contributed by atoms with Crippen molar-refractivity contribution in [2.45, 2.75) is 84.9 Å². The van der Waals surface area contributed by atoms with Crippen LogP contribution >= 0.6 is 12.6 Å². The Morgan fingerprint density at radius 1 is 1.08 bits per heavy atom. The number of nitrogens with zero attached hydrogens (tertiary/aromatic N) is 1. The van der Waals surface area contributed by atoms with E-state index in [-0.39, 0.29) is 25.3 Å². The Labute approximate surface area is 226 Å². The smallest absolute Gasteiger partial charge is 0.408 e. The van der Waals surface area contributed by atoms with Crippen molar-refractivity contribution in [1.29, 1.82) is 0 Å². The lowest BCUT2D eigenvalue weighted by molar-refractivity contribution is -0.144. The van der Waals surface area contributed by atoms with Gasteiger partial charge in [-0.25, -0.2) is 4.79 Å². The van der Waals surface area contributed by atoms with Crippen molar-refractivity contribution < 1.29 is 28.7 Å². The number of unbranched alkanes of at least 4 members (excludes halogenated alkanes) is 2. The second-order valence-electron chi connectivity index (χ2n) is 9.73. The first-order valence-electron chi connectivity index (χ1n) is 12.8. The van der Waals surface area contributed by atoms with Gasteiger partial charge in [-0.1, -0.05) is 44.0 Å². The Bertz CT molecular complexity index is 902. The first-order valence-corrected chi connectivity index (χ1v) is 13.5. The minimum absolute atomic E-state index is 0.0172. The number of alkyl carbamates (subject to hydrolysis) is 1. The molecule has 0 radical (unpaired) electrons. The minimum atomic E-state index is -1.00. The maximum absolute atomic E-state index is 13.8. The van der Waals surface area contributed by atoms with Crippen LogP contribution in [-0.2, 0) is 23.9 Å². The number of thiol groups is 1. The lowest BCUT2D eigenvalue weighted by Gasteiger charge is -2.35. The molecule has 0 saturated carbocycles. The molecule has 0 aliphatic carbocycles. The third-order valence-corrected chi connectivity index (χ3v) is 5.80. The van der Waals surface area contributed by atoms with Crippen LogP contribution in [0.4, 0.5) is 4.79 Å². The van der Waals surface area contributed by atoms with E-state index in [1.165, 1.54) is 4.90 Å². The van der Waals surface area contributed by atoms with Gasteiger partial charge >= 0.3 is 12.1 Å². The zero-order chi connectivity index (χ0) is 28.0. The molecular formula is C27H43N3O6S. The Morgan fingerprint density at radius 3 is 2.32 bits per heavy atom. The van der Waals surface area contributed by atoms with Crippen LogP contribution in [-0.4, -0.2) is 65.9 Å². The van der Waals surface area contributed by atoms with Crippen LogP contribution in [0.1, 0.15) is 77.5 Å². The predicted molar refractivity (Wildman–Crippen MR) is 146 cm³/mol. The monoisotopic (exact) mass is 537 g/mol. The number of ether oxygens (including phenoxy) is 2. The summed E-state index contributed by atoms with van der Waals surface area (Å²) in [5, 5.41) is 5.39. The van der Waals surface area contributed by atoms with Crippen LogP contribution in [0.25, 0.3) is 0 Å². The second-order valence-corrected chi connectivity index (χ2v) is 10.1. The van der Waals surface area contributed by atoms with Crippen molar-refractivity contribution >= 4 is 36.5 Å². The van der Waals surface area contributed by atoms with Gasteiger partial charge in [0.2, 0.25) is 11.8 Å². The molecule has 0 aromatic heterocycles. The fraction of sp³-hybridized carbons (Fsp3) is 0.630. The van der Waals surface area contributed by atoms with Gasteiger partial charge in [0.05, 0.1) is 13.0 Å². The molecule has 0 aliphatic rings. The lowest BCUT2D eigenvalue weighted by atomic mass is 9.97. The summed E-state index contributed by atoms with van der Waals surface area (Å²) >= 11 is 4.30. The van der Waals surface area contributed by atoms with Gasteiger partial charge in [-0.05, 0) is 52.2 Å². The molecule has 37 heavy (non-hydrogen) atoms. The van der Waals surface area contributed by atoms with Crippen molar-refractivity contribution in [3.63, 3.8) is 0 Å². The van der Waals surface area contributed by atoms with Crippen molar-refractivity contribution in [3.8, 4) is 0 Å². The first-order chi connectivity index (χ1) is 17.4. The van der Waals surface area contributed by atoms with Gasteiger partial charge in [-0.2, -0.15) is 12.6 Å². The number of carbonyl (C=O) groups is 4. The molecule has 0 aliphatic heterocycles. The molecule has 1 aromatic carbocycles. The summed E-state index contributed by atoms with van der Waals surface area (Å²) in [4.78, 5) is 53.1. The fourth-order valence-corrected chi connectivity index (χ4v) is 3.94. The van der Waals surface area contributed by atoms with Gasteiger partial charge < -0.3 is 25.0 Å². The highest BCUT2D eigenvalue weighted by Crippen LogP contribution is 2.26. The van der Waals surface area contributed by atoms with Crippen LogP contribution in [0.3, 0.4) is 0 Å². The molecule has 9 nitrogen and oxygen atoms in total. The first kappa shape index (κ1) is 32.3. The Balaban J connectivity index is 3.32. The zero-order valence-electron chi connectivity index (χ0n) is 23.0. The van der Waals surface area contributed by atoms with Crippen LogP contribution in [0.15, 0.2) is 24.3 Å². The highest BCUT2D eigenvalue weighted by molar-refractivity contribution is 7.80. The SMILES string of the molecule is CCCCCN(C(=O)C(CS)NC(=O)OC(C)(C)C)C(C(=O)NCCC(=O)OCC)c1ccccc1C. The summed E-state index contributed by atoms with van der Waals surface area (Å²) in [5.41, 5.74) is 0.762. The van der Waals surface area contributed by atoms with E-state index >= 15 is 0 Å². The van der Waals surface area contributed by atoms with Crippen molar-refractivity contribution in [2.75, 3.05) is 25.4 Å². The quantitative estimate of drug-likeness (QED) is 0.188. The molecule has 0 saturated heterocycles. The number of carbonyl (C=O) groups excluding carboxylic acids is 4. The summed E-state index contributed by atoms with van der Waals surface area (Å²) in [6, 6.07) is 5.39. The maximum Gasteiger partial charge on any atom is 0.408 e. The second kappa shape index (κ2) is 16.2. The third-order valence-electron chi connectivity index (χ3n) is 5.43. The van der Waals surface area contributed by atoms with E-state index in [9.17, 15) is 19.2 Å². The molecule has 2 unspecified atom stereocenters. The van der Waals surface area contributed by atoms with E-state index in [1.807, 2.05) is 38.1 Å². The molecule has 10 heteroatoms. The third kappa shape index (κ3) is 11.5. The van der Waals surface area contributed by atoms with E-state index in [1.54, 1.807) is 27.7 Å². The number of hydrogen-bond donors (Lipinski definition) is 3. The molecule has 0 heterocycles. The van der Waals surface area contributed by atoms with Gasteiger partial charge in [0.25, 0.3) is 0 Å². The number of hydrogen-bond acceptors (Lipinski definition) is 7. The van der Waals surface area contributed by atoms with Crippen LogP contribution < -0.4 is 10.6 Å². The van der Waals surface area contributed by atoms with Gasteiger partial charge in [0, 0.05) is 18.8 Å². The molecule has 2 atom stereocenters. The molecular weight excluding hydrogens is 494 g/mol. The number of benzene rings is 1. The predicted octanol–water partition coefficient (Wildman–Crippen LogP) is 3.95. The highest BCUT2D eigenvalue weighted by atomic mass is 32.1. The molecule has 208 valence electrons. The van der Waals surface area contributed by atoms with E-state index in [0.717, 1.165) is 18.4 Å². The summed E-state index contributed by atoms with van der Waals surface area (Å²) in [6.45, 7) is 11.5. The Kier molecular flexibility index (Phi) is 14.1. The minimum Gasteiger partial charge on any atom is -0.466 e. The summed E-state index contributed by atoms with van der Waals surface area (Å²) in [7, 11) is 0. The van der Waals surface area contributed by atoms with E-state index in [0.29, 0.717) is 18.5 Å². The maximum atomic E-state index is 13.8. The topological polar surface area (TPSA) is 114 Å². The molecule has 0 fully saturated rings. The fourth-order valence-electron chi connectivity index (χ4n) is 3.70. The number of rotatable bonds is 14. The van der Waals surface area contributed by atoms with E-state index < -0.39 is 41.6 Å². The normalized spacial score (nSPS) is 12.7. The lowest BCUT2D eigenvalue weighted by Crippen LogP contribution is -2.54. The molecule has 1 aromatic rings. The van der Waals surface area contributed by atoms with E-state index in [2.05, 4.69) is 23.3 Å². The Hall–Kier alpha value is -2.75. The number of amides is 3. The molecule has 0 spiro atoms. The largest absolute Gasteiger partial charge is 0.466 e. The van der Waals surface area contributed by atoms with Gasteiger partial charge in [0.1, 0.15) is 17.7 Å². The van der Waals surface area contributed by atoms with Crippen LogP contribution in [0, 0.1) is 6.92 Å².